The van der Waals surface area contributed by atoms with E-state index >= 15 is 0 Å². The predicted octanol–water partition coefficient (Wildman–Crippen LogP) is 0.368. The number of aliphatic carboxylic acids is 1. The molecule has 5 heteroatoms. The minimum Gasteiger partial charge on any atom is -0.483 e. The van der Waals surface area contributed by atoms with Crippen LogP contribution in [0.5, 0.6) is 0 Å². The average Bonchev–Trinajstić information content (AvgIpc) is 2.20. The number of carboxylic acids is 1. The van der Waals surface area contributed by atoms with Crippen LogP contribution in [0.25, 0.3) is 0 Å². The smallest absolute Gasteiger partial charge is 0.370 e. The third kappa shape index (κ3) is 2.54. The molecule has 0 spiro atoms. The van der Waals surface area contributed by atoms with Crippen LogP contribution in [0.1, 0.15) is 20.8 Å². The number of carboxylic acid groups (broad SMARTS) is 1. The molecule has 1 unspecified atom stereocenters. The Morgan fingerprint density at radius 2 is 2.06 bits per heavy atom. The normalized spacial score (nSPS) is 33.6. The summed E-state index contributed by atoms with van der Waals surface area (Å²) in [7, 11) is 0. The van der Waals surface area contributed by atoms with Gasteiger partial charge in [0.2, 0.25) is 5.76 Å². The Hall–Kier alpha value is -1.07. The lowest BCUT2D eigenvalue weighted by Crippen LogP contribution is -2.43. The highest BCUT2D eigenvalue weighted by atomic mass is 16.5. The first-order valence-electron chi connectivity index (χ1n) is 5.32. The van der Waals surface area contributed by atoms with E-state index in [1.165, 1.54) is 6.08 Å². The third-order valence-electron chi connectivity index (χ3n) is 3.13. The summed E-state index contributed by atoms with van der Waals surface area (Å²) in [6.45, 7) is 5.15. The Morgan fingerprint density at radius 1 is 1.50 bits per heavy atom. The number of ether oxygens (including phenoxy) is 1. The molecule has 0 saturated heterocycles. The molecule has 1 aliphatic rings. The van der Waals surface area contributed by atoms with Crippen molar-refractivity contribution in [3.8, 4) is 0 Å². The highest BCUT2D eigenvalue weighted by Crippen LogP contribution is 2.29. The lowest BCUT2D eigenvalue weighted by molar-refractivity contribution is -0.143. The van der Waals surface area contributed by atoms with Gasteiger partial charge in [0, 0.05) is 11.8 Å². The molecule has 0 saturated carbocycles. The van der Waals surface area contributed by atoms with E-state index in [4.69, 9.17) is 9.84 Å². The van der Waals surface area contributed by atoms with Gasteiger partial charge in [-0.15, -0.1) is 0 Å². The molecule has 1 aliphatic heterocycles. The summed E-state index contributed by atoms with van der Waals surface area (Å²) in [5.74, 6) is -1.93. The van der Waals surface area contributed by atoms with Crippen molar-refractivity contribution in [2.45, 2.75) is 39.1 Å². The molecule has 5 atom stereocenters. The first kappa shape index (κ1) is 13.0. The lowest BCUT2D eigenvalue weighted by atomic mass is 9.84. The molecule has 3 N–H and O–H groups in total. The van der Waals surface area contributed by atoms with E-state index in [0.29, 0.717) is 0 Å². The Kier molecular flexibility index (Phi) is 3.93. The van der Waals surface area contributed by atoms with E-state index in [0.717, 1.165) is 0 Å². The van der Waals surface area contributed by atoms with Crippen LogP contribution in [0.2, 0.25) is 0 Å². The van der Waals surface area contributed by atoms with Gasteiger partial charge in [0.1, 0.15) is 6.10 Å². The molecule has 0 amide bonds. The summed E-state index contributed by atoms with van der Waals surface area (Å²) in [5, 5.41) is 28.0. The Bertz CT molecular complexity index is 297. The number of aliphatic hydroxyl groups is 2. The minimum atomic E-state index is -1.20. The largest absolute Gasteiger partial charge is 0.483 e. The summed E-state index contributed by atoms with van der Waals surface area (Å²) >= 11 is 0. The second kappa shape index (κ2) is 4.84. The molecule has 0 aromatic rings. The quantitative estimate of drug-likeness (QED) is 0.652. The van der Waals surface area contributed by atoms with E-state index < -0.39 is 24.3 Å². The van der Waals surface area contributed by atoms with Crippen LogP contribution >= 0.6 is 0 Å². The zero-order valence-corrected chi connectivity index (χ0v) is 9.62. The van der Waals surface area contributed by atoms with Crippen LogP contribution in [0.15, 0.2) is 11.8 Å². The molecule has 0 aromatic heterocycles. The van der Waals surface area contributed by atoms with Crippen LogP contribution < -0.4 is 0 Å². The van der Waals surface area contributed by atoms with Gasteiger partial charge in [-0.25, -0.2) is 4.79 Å². The van der Waals surface area contributed by atoms with Gasteiger partial charge in [-0.1, -0.05) is 13.8 Å². The molecule has 1 rings (SSSR count). The maximum absolute atomic E-state index is 10.8. The second-order valence-electron chi connectivity index (χ2n) is 4.37. The first-order valence-corrected chi connectivity index (χ1v) is 5.32. The topological polar surface area (TPSA) is 87.0 Å². The fourth-order valence-corrected chi connectivity index (χ4v) is 1.78. The van der Waals surface area contributed by atoms with Gasteiger partial charge >= 0.3 is 5.97 Å². The fraction of sp³-hybridized carbons (Fsp3) is 0.727. The number of carbonyl (C=O) groups is 1. The highest BCUT2D eigenvalue weighted by Gasteiger charge is 2.37. The molecule has 0 radical (unpaired) electrons. The molecule has 1 heterocycles. The minimum absolute atomic E-state index is 0.243. The van der Waals surface area contributed by atoms with Crippen molar-refractivity contribution in [3.63, 3.8) is 0 Å². The molecule has 0 fully saturated rings. The van der Waals surface area contributed by atoms with E-state index in [2.05, 4.69) is 0 Å². The van der Waals surface area contributed by atoms with E-state index in [-0.39, 0.29) is 17.6 Å². The molecule has 16 heavy (non-hydrogen) atoms. The van der Waals surface area contributed by atoms with E-state index in [1.807, 2.05) is 0 Å². The summed E-state index contributed by atoms with van der Waals surface area (Å²) < 4.78 is 5.30. The summed E-state index contributed by atoms with van der Waals surface area (Å²) in [6, 6.07) is 0. The van der Waals surface area contributed by atoms with Crippen molar-refractivity contribution in [1.82, 2.24) is 0 Å². The van der Waals surface area contributed by atoms with Crippen LogP contribution in [0, 0.1) is 11.8 Å². The number of rotatable bonds is 3. The third-order valence-corrected chi connectivity index (χ3v) is 3.13. The van der Waals surface area contributed by atoms with Crippen molar-refractivity contribution in [2.24, 2.45) is 11.8 Å². The van der Waals surface area contributed by atoms with Crippen molar-refractivity contribution in [3.05, 3.63) is 11.8 Å². The molecule has 0 bridgehead atoms. The molecule has 0 aromatic carbocycles. The Labute approximate surface area is 94.4 Å². The summed E-state index contributed by atoms with van der Waals surface area (Å²) in [5.41, 5.74) is 0. The SMILES string of the molecule is C[C@@H](O)[C@@H](C)C1OC(C(=O)O)=C[C@@H](O)[C@H]1C. The second-order valence-corrected chi connectivity index (χ2v) is 4.37. The first-order chi connectivity index (χ1) is 7.34. The van der Waals surface area contributed by atoms with Crippen LogP contribution in [0.3, 0.4) is 0 Å². The zero-order valence-electron chi connectivity index (χ0n) is 9.62. The van der Waals surface area contributed by atoms with Crippen molar-refractivity contribution in [2.75, 3.05) is 0 Å². The Morgan fingerprint density at radius 3 is 2.50 bits per heavy atom. The van der Waals surface area contributed by atoms with Gasteiger partial charge < -0.3 is 20.1 Å². The van der Waals surface area contributed by atoms with Gasteiger partial charge in [-0.3, -0.25) is 0 Å². The maximum Gasteiger partial charge on any atom is 0.370 e. The van der Waals surface area contributed by atoms with Gasteiger partial charge in [-0.05, 0) is 13.0 Å². The molecular formula is C11H18O5. The fourth-order valence-electron chi connectivity index (χ4n) is 1.78. The molecule has 92 valence electrons. The van der Waals surface area contributed by atoms with Crippen LogP contribution in [0.4, 0.5) is 0 Å². The van der Waals surface area contributed by atoms with E-state index in [9.17, 15) is 15.0 Å². The zero-order chi connectivity index (χ0) is 12.5. The van der Waals surface area contributed by atoms with Crippen LogP contribution in [-0.2, 0) is 9.53 Å². The van der Waals surface area contributed by atoms with Crippen molar-refractivity contribution in [1.29, 1.82) is 0 Å². The maximum atomic E-state index is 10.8. The lowest BCUT2D eigenvalue weighted by Gasteiger charge is -2.36. The highest BCUT2D eigenvalue weighted by molar-refractivity contribution is 5.84. The number of hydrogen-bond donors (Lipinski definition) is 3. The predicted molar refractivity (Wildman–Crippen MR) is 56.6 cm³/mol. The van der Waals surface area contributed by atoms with Gasteiger partial charge in [0.15, 0.2) is 0 Å². The average molecular weight is 230 g/mol. The van der Waals surface area contributed by atoms with Gasteiger partial charge in [-0.2, -0.15) is 0 Å². The standard InChI is InChI=1S/C11H18O5/c1-5(7(3)12)10-6(2)8(13)4-9(16-10)11(14)15/h4-8,10,12-13H,1-3H3,(H,14,15)/t5-,6-,7-,8-,10?/m1/s1. The molecular weight excluding hydrogens is 212 g/mol. The Balaban J connectivity index is 2.89. The molecule has 0 aliphatic carbocycles. The van der Waals surface area contributed by atoms with E-state index in [1.54, 1.807) is 20.8 Å². The van der Waals surface area contributed by atoms with Crippen LogP contribution in [-0.4, -0.2) is 39.6 Å². The van der Waals surface area contributed by atoms with Gasteiger partial charge in [0.05, 0.1) is 12.2 Å². The number of hydrogen-bond acceptors (Lipinski definition) is 4. The monoisotopic (exact) mass is 230 g/mol. The summed E-state index contributed by atoms with van der Waals surface area (Å²) in [4.78, 5) is 10.8. The molecule has 5 nitrogen and oxygen atoms in total. The van der Waals surface area contributed by atoms with Crippen molar-refractivity contribution >= 4 is 5.97 Å². The summed E-state index contributed by atoms with van der Waals surface area (Å²) in [6.07, 6.45) is -0.775. The van der Waals surface area contributed by atoms with Gasteiger partial charge in [0.25, 0.3) is 0 Å². The van der Waals surface area contributed by atoms with Crippen molar-refractivity contribution < 1.29 is 24.9 Å². The number of aliphatic hydroxyl groups excluding tert-OH is 2.